The van der Waals surface area contributed by atoms with Crippen LogP contribution in [0.1, 0.15) is 32.6 Å². The molecule has 2 rings (SSSR count). The quantitative estimate of drug-likeness (QED) is 0.631. The van der Waals surface area contributed by atoms with Gasteiger partial charge in [0.1, 0.15) is 6.04 Å². The summed E-state index contributed by atoms with van der Waals surface area (Å²) >= 11 is 0. The van der Waals surface area contributed by atoms with Crippen LogP contribution in [0, 0.1) is 11.3 Å². The van der Waals surface area contributed by atoms with Crippen molar-refractivity contribution in [3.63, 3.8) is 0 Å². The van der Waals surface area contributed by atoms with Gasteiger partial charge in [-0.15, -0.1) is 0 Å². The minimum atomic E-state index is -0.723. The third-order valence-electron chi connectivity index (χ3n) is 4.75. The summed E-state index contributed by atoms with van der Waals surface area (Å²) in [6.45, 7) is 3.61. The van der Waals surface area contributed by atoms with E-state index in [9.17, 15) is 14.9 Å². The average Bonchev–Trinajstić information content (AvgIpc) is 2.32. The van der Waals surface area contributed by atoms with E-state index in [2.05, 4.69) is 12.2 Å². The van der Waals surface area contributed by atoms with Crippen molar-refractivity contribution in [2.45, 2.75) is 57.8 Å². The van der Waals surface area contributed by atoms with Gasteiger partial charge in [0.2, 0.25) is 0 Å². The molecule has 0 bridgehead atoms. The molecule has 1 saturated heterocycles. The van der Waals surface area contributed by atoms with Crippen LogP contribution in [-0.2, 0) is 4.79 Å². The van der Waals surface area contributed by atoms with Crippen LogP contribution >= 0.6 is 0 Å². The molecule has 3 N–H and O–H groups in total. The lowest BCUT2D eigenvalue weighted by molar-refractivity contribution is -0.142. The van der Waals surface area contributed by atoms with E-state index in [1.165, 1.54) is 0 Å². The molecule has 0 spiro atoms. The van der Waals surface area contributed by atoms with Crippen LogP contribution in [0.15, 0.2) is 0 Å². The fraction of sp³-hybridized carbons (Fsp3) is 0.917. The Hall–Kier alpha value is -0.545. The summed E-state index contributed by atoms with van der Waals surface area (Å²) < 4.78 is 0. The number of carboxylic acid groups (broad SMARTS) is 1. The second-order valence-corrected chi connectivity index (χ2v) is 5.98. The molecule has 0 amide bonds. The number of carboxylic acids is 1. The van der Waals surface area contributed by atoms with Crippen LogP contribution in [0.25, 0.3) is 0 Å². The summed E-state index contributed by atoms with van der Waals surface area (Å²) in [6, 6.07) is 0.00153. The Labute approximate surface area is 103 Å². The third-order valence-corrected chi connectivity index (χ3v) is 4.75. The SMILES string of the molecule is CB(O)CCC[C@@]1(C)[C@@H](C(=O)O)N[C@@H]2CC[C@@H]21. The lowest BCUT2D eigenvalue weighted by Crippen LogP contribution is -2.43. The largest absolute Gasteiger partial charge is 0.480 e. The summed E-state index contributed by atoms with van der Waals surface area (Å²) in [5.74, 6) is -0.212. The van der Waals surface area contributed by atoms with Crippen molar-refractivity contribution in [3.05, 3.63) is 0 Å². The first-order chi connectivity index (χ1) is 7.95. The van der Waals surface area contributed by atoms with Crippen molar-refractivity contribution in [2.75, 3.05) is 0 Å². The summed E-state index contributed by atoms with van der Waals surface area (Å²) in [5.41, 5.74) is -0.135. The molecule has 1 saturated carbocycles. The number of carbonyl (C=O) groups is 1. The van der Waals surface area contributed by atoms with Gasteiger partial charge >= 0.3 is 5.97 Å². The van der Waals surface area contributed by atoms with E-state index in [0.717, 1.165) is 32.0 Å². The average molecular weight is 239 g/mol. The van der Waals surface area contributed by atoms with E-state index in [0.29, 0.717) is 12.0 Å². The Kier molecular flexibility index (Phi) is 3.50. The monoisotopic (exact) mass is 239 g/mol. The van der Waals surface area contributed by atoms with Crippen LogP contribution in [0.4, 0.5) is 0 Å². The zero-order valence-corrected chi connectivity index (χ0v) is 10.6. The van der Waals surface area contributed by atoms with Crippen LogP contribution in [0.5, 0.6) is 0 Å². The topological polar surface area (TPSA) is 69.6 Å². The minimum absolute atomic E-state index is 0.135. The standard InChI is InChI=1S/C12H22BNO3/c1-12(6-3-7-13(2)17)8-4-5-9(8)14-10(12)11(15)16/h8-10,14,17H,3-7H2,1-2H3,(H,15,16)/t8-,9+,10+,12+/m0/s1. The summed E-state index contributed by atoms with van der Waals surface area (Å²) in [4.78, 5) is 11.3. The highest BCUT2D eigenvalue weighted by Gasteiger charge is 2.57. The molecule has 2 fully saturated rings. The van der Waals surface area contributed by atoms with Crippen molar-refractivity contribution in [1.82, 2.24) is 5.32 Å². The Bertz CT molecular complexity index is 310. The predicted molar refractivity (Wildman–Crippen MR) is 67.1 cm³/mol. The smallest absolute Gasteiger partial charge is 0.321 e. The fourth-order valence-corrected chi connectivity index (χ4v) is 3.57. The number of hydrogen-bond acceptors (Lipinski definition) is 3. The van der Waals surface area contributed by atoms with Crippen molar-refractivity contribution in [1.29, 1.82) is 0 Å². The van der Waals surface area contributed by atoms with Gasteiger partial charge < -0.3 is 15.4 Å². The van der Waals surface area contributed by atoms with Gasteiger partial charge in [-0.2, -0.15) is 0 Å². The predicted octanol–water partition coefficient (Wildman–Crippen LogP) is 1.22. The van der Waals surface area contributed by atoms with Gasteiger partial charge in [0, 0.05) is 6.04 Å². The van der Waals surface area contributed by atoms with Crippen LogP contribution in [0.2, 0.25) is 13.1 Å². The first kappa shape index (κ1) is 12.9. The Morgan fingerprint density at radius 1 is 1.53 bits per heavy atom. The van der Waals surface area contributed by atoms with Gasteiger partial charge in [0.05, 0.1) is 0 Å². The van der Waals surface area contributed by atoms with Gasteiger partial charge in [-0.3, -0.25) is 4.79 Å². The number of rotatable bonds is 5. The minimum Gasteiger partial charge on any atom is -0.480 e. The maximum atomic E-state index is 11.3. The summed E-state index contributed by atoms with van der Waals surface area (Å²) in [7, 11) is 0. The highest BCUT2D eigenvalue weighted by molar-refractivity contribution is 6.48. The Morgan fingerprint density at radius 2 is 2.24 bits per heavy atom. The van der Waals surface area contributed by atoms with E-state index in [1.54, 1.807) is 6.82 Å². The molecule has 5 heteroatoms. The summed E-state index contributed by atoms with van der Waals surface area (Å²) in [6.07, 6.45) is 4.82. The van der Waals surface area contributed by atoms with E-state index in [1.807, 2.05) is 0 Å². The summed E-state index contributed by atoms with van der Waals surface area (Å²) in [5, 5.41) is 21.9. The molecule has 0 aromatic heterocycles. The molecule has 0 aromatic carbocycles. The van der Waals surface area contributed by atoms with Gasteiger partial charge in [0.15, 0.2) is 0 Å². The van der Waals surface area contributed by atoms with E-state index < -0.39 is 12.0 Å². The second-order valence-electron chi connectivity index (χ2n) is 5.98. The second kappa shape index (κ2) is 4.61. The molecule has 0 aromatic rings. The number of fused-ring (bicyclic) bond motifs is 1. The first-order valence-electron chi connectivity index (χ1n) is 6.62. The van der Waals surface area contributed by atoms with Crippen molar-refractivity contribution < 1.29 is 14.9 Å². The number of aliphatic carboxylic acids is 1. The maximum Gasteiger partial charge on any atom is 0.321 e. The van der Waals surface area contributed by atoms with Crippen LogP contribution in [-0.4, -0.2) is 35.1 Å². The van der Waals surface area contributed by atoms with Crippen LogP contribution < -0.4 is 5.32 Å². The molecule has 1 aliphatic carbocycles. The number of nitrogens with one attached hydrogen (secondary N) is 1. The van der Waals surface area contributed by atoms with Gasteiger partial charge in [0.25, 0.3) is 6.92 Å². The molecule has 0 unspecified atom stereocenters. The third kappa shape index (κ3) is 2.23. The van der Waals surface area contributed by atoms with Gasteiger partial charge in [-0.05, 0) is 36.9 Å². The Balaban J connectivity index is 2.01. The molecule has 17 heavy (non-hydrogen) atoms. The Morgan fingerprint density at radius 3 is 2.71 bits per heavy atom. The highest BCUT2D eigenvalue weighted by atomic mass is 16.4. The van der Waals surface area contributed by atoms with Gasteiger partial charge in [-0.1, -0.05) is 20.2 Å². The molecular weight excluding hydrogens is 217 g/mol. The normalized spacial score (nSPS) is 39.6. The molecule has 1 aliphatic heterocycles. The molecule has 1 heterocycles. The lowest BCUT2D eigenvalue weighted by atomic mass is 9.60. The first-order valence-corrected chi connectivity index (χ1v) is 6.62. The van der Waals surface area contributed by atoms with Crippen LogP contribution in [0.3, 0.4) is 0 Å². The molecule has 2 aliphatic rings. The van der Waals surface area contributed by atoms with E-state index in [4.69, 9.17) is 0 Å². The van der Waals surface area contributed by atoms with Gasteiger partial charge in [-0.25, -0.2) is 0 Å². The zero-order chi connectivity index (χ0) is 12.6. The van der Waals surface area contributed by atoms with Crippen molar-refractivity contribution in [2.24, 2.45) is 11.3 Å². The fourth-order valence-electron chi connectivity index (χ4n) is 3.57. The van der Waals surface area contributed by atoms with E-state index in [-0.39, 0.29) is 12.3 Å². The maximum absolute atomic E-state index is 11.3. The molecule has 96 valence electrons. The molecule has 4 nitrogen and oxygen atoms in total. The molecule has 0 radical (unpaired) electrons. The molecular formula is C12H22BNO3. The van der Waals surface area contributed by atoms with E-state index >= 15 is 0 Å². The van der Waals surface area contributed by atoms with Crippen molar-refractivity contribution in [3.8, 4) is 0 Å². The number of hydrogen-bond donors (Lipinski definition) is 3. The van der Waals surface area contributed by atoms with Crippen molar-refractivity contribution >= 4 is 12.9 Å². The lowest BCUT2D eigenvalue weighted by Gasteiger charge is -2.40. The zero-order valence-electron chi connectivity index (χ0n) is 10.6. The highest BCUT2D eigenvalue weighted by Crippen LogP contribution is 2.52. The molecule has 4 atom stereocenters.